The van der Waals surface area contributed by atoms with E-state index < -0.39 is 12.0 Å². The van der Waals surface area contributed by atoms with Gasteiger partial charge in [-0.25, -0.2) is 0 Å². The van der Waals surface area contributed by atoms with E-state index in [0.29, 0.717) is 12.3 Å². The van der Waals surface area contributed by atoms with Gasteiger partial charge in [0.05, 0.1) is 7.11 Å². The molecule has 1 atom stereocenters. The molecule has 0 aliphatic rings. The topological polar surface area (TPSA) is 49.8 Å². The molecule has 0 bridgehead atoms. The fraction of sp³-hybridized carbons (Fsp3) is 0.533. The molecule has 0 saturated carbocycles. The second kappa shape index (κ2) is 7.79. The zero-order valence-corrected chi connectivity index (χ0v) is 11.9. The number of aliphatic carboxylic acids is 1. The maximum absolute atomic E-state index is 11.6. The zero-order valence-electron chi connectivity index (χ0n) is 11.9. The van der Waals surface area contributed by atoms with Crippen molar-refractivity contribution >= 4 is 5.97 Å². The highest BCUT2D eigenvalue weighted by Crippen LogP contribution is 2.25. The summed E-state index contributed by atoms with van der Waals surface area (Å²) < 4.78 is 5.17. The van der Waals surface area contributed by atoms with Crippen LogP contribution in [0.5, 0.6) is 5.75 Å². The van der Waals surface area contributed by atoms with Crippen molar-refractivity contribution in [1.29, 1.82) is 0 Å². The Morgan fingerprint density at radius 3 is 2.68 bits per heavy atom. The molecule has 0 aromatic heterocycles. The van der Waals surface area contributed by atoms with Crippen LogP contribution in [0, 0.1) is 0 Å². The number of ether oxygens (including phenoxy) is 1. The molecule has 0 saturated heterocycles. The number of hydrogen-bond acceptors (Lipinski definition) is 3. The molecule has 106 valence electrons. The smallest absolute Gasteiger partial charge is 0.325 e. The predicted molar refractivity (Wildman–Crippen MR) is 75.5 cm³/mol. The molecule has 0 heterocycles. The van der Waals surface area contributed by atoms with E-state index in [2.05, 4.69) is 6.92 Å². The summed E-state index contributed by atoms with van der Waals surface area (Å²) in [5, 5.41) is 9.51. The predicted octanol–water partition coefficient (Wildman–Crippen LogP) is 2.94. The third kappa shape index (κ3) is 4.24. The van der Waals surface area contributed by atoms with E-state index in [1.807, 2.05) is 30.0 Å². The Balaban J connectivity index is 3.00. The van der Waals surface area contributed by atoms with Crippen molar-refractivity contribution in [3.63, 3.8) is 0 Å². The van der Waals surface area contributed by atoms with Crippen LogP contribution in [-0.4, -0.2) is 36.2 Å². The Kier molecular flexibility index (Phi) is 6.36. The van der Waals surface area contributed by atoms with Crippen LogP contribution in [0.4, 0.5) is 0 Å². The van der Waals surface area contributed by atoms with Gasteiger partial charge in [-0.1, -0.05) is 32.4 Å². The number of hydrogen-bond donors (Lipinski definition) is 1. The molecule has 4 heteroatoms. The van der Waals surface area contributed by atoms with Gasteiger partial charge in [-0.3, -0.25) is 9.69 Å². The van der Waals surface area contributed by atoms with Gasteiger partial charge >= 0.3 is 5.97 Å². The minimum absolute atomic E-state index is 0.605. The van der Waals surface area contributed by atoms with Crippen molar-refractivity contribution in [3.05, 3.63) is 29.8 Å². The van der Waals surface area contributed by atoms with Crippen LogP contribution in [0.15, 0.2) is 24.3 Å². The van der Waals surface area contributed by atoms with Crippen molar-refractivity contribution in [1.82, 2.24) is 4.90 Å². The average molecular weight is 265 g/mol. The maximum atomic E-state index is 11.6. The van der Waals surface area contributed by atoms with E-state index >= 15 is 0 Å². The number of methoxy groups -OCH3 is 1. The molecule has 0 aliphatic heterocycles. The lowest BCUT2D eigenvalue weighted by Gasteiger charge is -2.28. The van der Waals surface area contributed by atoms with Gasteiger partial charge < -0.3 is 9.84 Å². The lowest BCUT2D eigenvalue weighted by atomic mass is 10.0. The Morgan fingerprint density at radius 1 is 1.42 bits per heavy atom. The number of likely N-dealkylation sites (N-methyl/N-ethyl adjacent to an activating group) is 1. The van der Waals surface area contributed by atoms with E-state index in [-0.39, 0.29) is 0 Å². The second-order valence-corrected chi connectivity index (χ2v) is 4.50. The van der Waals surface area contributed by atoms with Gasteiger partial charge in [-0.2, -0.15) is 0 Å². The number of carbonyl (C=O) groups is 1. The van der Waals surface area contributed by atoms with Gasteiger partial charge in [-0.05, 0) is 37.2 Å². The lowest BCUT2D eigenvalue weighted by molar-refractivity contribution is -0.143. The van der Waals surface area contributed by atoms with Crippen LogP contribution in [0.1, 0.15) is 38.3 Å². The van der Waals surface area contributed by atoms with Crippen LogP contribution in [-0.2, 0) is 4.79 Å². The summed E-state index contributed by atoms with van der Waals surface area (Å²) in [7, 11) is 1.59. The monoisotopic (exact) mass is 265 g/mol. The van der Waals surface area contributed by atoms with Crippen molar-refractivity contribution in [3.8, 4) is 5.75 Å². The molecule has 0 spiro atoms. The van der Waals surface area contributed by atoms with E-state index in [4.69, 9.17) is 4.74 Å². The summed E-state index contributed by atoms with van der Waals surface area (Å²) in [6.45, 7) is 5.61. The first kappa shape index (κ1) is 15.5. The first-order valence-corrected chi connectivity index (χ1v) is 6.74. The number of carboxylic acid groups (broad SMARTS) is 1. The van der Waals surface area contributed by atoms with Crippen LogP contribution >= 0.6 is 0 Å². The molecular formula is C15H23NO3. The number of rotatable bonds is 8. The first-order chi connectivity index (χ1) is 9.13. The molecule has 1 aromatic carbocycles. The summed E-state index contributed by atoms with van der Waals surface area (Å²) in [5.74, 6) is -0.124. The highest BCUT2D eigenvalue weighted by Gasteiger charge is 2.26. The van der Waals surface area contributed by atoms with Crippen molar-refractivity contribution < 1.29 is 14.6 Å². The quantitative estimate of drug-likeness (QED) is 0.785. The van der Waals surface area contributed by atoms with Gasteiger partial charge in [0.15, 0.2) is 0 Å². The van der Waals surface area contributed by atoms with E-state index in [9.17, 15) is 9.90 Å². The van der Waals surface area contributed by atoms with Crippen LogP contribution in [0.25, 0.3) is 0 Å². The largest absolute Gasteiger partial charge is 0.497 e. The Labute approximate surface area is 115 Å². The normalized spacial score (nSPS) is 12.4. The molecule has 0 radical (unpaired) electrons. The molecule has 1 rings (SSSR count). The SMILES string of the molecule is CCCCN(CC)C(C(=O)O)c1cccc(OC)c1. The zero-order chi connectivity index (χ0) is 14.3. The maximum Gasteiger partial charge on any atom is 0.325 e. The lowest BCUT2D eigenvalue weighted by Crippen LogP contribution is -2.34. The van der Waals surface area contributed by atoms with Crippen molar-refractivity contribution in [2.75, 3.05) is 20.2 Å². The third-order valence-corrected chi connectivity index (χ3v) is 3.21. The summed E-state index contributed by atoms with van der Waals surface area (Å²) in [4.78, 5) is 13.6. The summed E-state index contributed by atoms with van der Waals surface area (Å²) in [6.07, 6.45) is 2.06. The van der Waals surface area contributed by atoms with Crippen LogP contribution < -0.4 is 4.74 Å². The van der Waals surface area contributed by atoms with Crippen LogP contribution in [0.2, 0.25) is 0 Å². The highest BCUT2D eigenvalue weighted by molar-refractivity contribution is 5.75. The van der Waals surface area contributed by atoms with Gasteiger partial charge in [-0.15, -0.1) is 0 Å². The number of unbranched alkanes of at least 4 members (excludes halogenated alkanes) is 1. The fourth-order valence-electron chi connectivity index (χ4n) is 2.15. The average Bonchev–Trinajstić information content (AvgIpc) is 2.42. The molecule has 1 N–H and O–H groups in total. The Bertz CT molecular complexity index is 406. The minimum Gasteiger partial charge on any atom is -0.497 e. The van der Waals surface area contributed by atoms with E-state index in [1.165, 1.54) is 0 Å². The summed E-state index contributed by atoms with van der Waals surface area (Å²) >= 11 is 0. The first-order valence-electron chi connectivity index (χ1n) is 6.74. The van der Waals surface area contributed by atoms with Crippen molar-refractivity contribution in [2.45, 2.75) is 32.7 Å². The molecule has 0 amide bonds. The molecular weight excluding hydrogens is 242 g/mol. The Morgan fingerprint density at radius 2 is 2.16 bits per heavy atom. The molecule has 1 aromatic rings. The third-order valence-electron chi connectivity index (χ3n) is 3.21. The van der Waals surface area contributed by atoms with E-state index in [0.717, 1.165) is 24.9 Å². The van der Waals surface area contributed by atoms with Gasteiger partial charge in [0, 0.05) is 0 Å². The number of carboxylic acids is 1. The summed E-state index contributed by atoms with van der Waals surface area (Å²) in [6, 6.07) is 6.69. The second-order valence-electron chi connectivity index (χ2n) is 4.50. The number of benzene rings is 1. The minimum atomic E-state index is -0.814. The standard InChI is InChI=1S/C15H23NO3/c1-4-6-10-16(5-2)14(15(17)18)12-8-7-9-13(11-12)19-3/h7-9,11,14H,4-6,10H2,1-3H3,(H,17,18). The number of nitrogens with zero attached hydrogens (tertiary/aromatic N) is 1. The molecule has 0 fully saturated rings. The Hall–Kier alpha value is -1.55. The van der Waals surface area contributed by atoms with Gasteiger partial charge in [0.25, 0.3) is 0 Å². The molecule has 1 unspecified atom stereocenters. The summed E-state index contributed by atoms with van der Waals surface area (Å²) in [5.41, 5.74) is 0.768. The van der Waals surface area contributed by atoms with Gasteiger partial charge in [0.2, 0.25) is 0 Å². The molecule has 0 aliphatic carbocycles. The molecule has 4 nitrogen and oxygen atoms in total. The van der Waals surface area contributed by atoms with Crippen LogP contribution in [0.3, 0.4) is 0 Å². The van der Waals surface area contributed by atoms with E-state index in [1.54, 1.807) is 13.2 Å². The van der Waals surface area contributed by atoms with Crippen molar-refractivity contribution in [2.24, 2.45) is 0 Å². The highest BCUT2D eigenvalue weighted by atomic mass is 16.5. The fourth-order valence-corrected chi connectivity index (χ4v) is 2.15. The van der Waals surface area contributed by atoms with Gasteiger partial charge in [0.1, 0.15) is 11.8 Å². The molecule has 19 heavy (non-hydrogen) atoms.